The predicted molar refractivity (Wildman–Crippen MR) is 66.8 cm³/mol. The van der Waals surface area contributed by atoms with Crippen LogP contribution in [0.1, 0.15) is 12.8 Å². The zero-order valence-electron chi connectivity index (χ0n) is 9.03. The van der Waals surface area contributed by atoms with Gasteiger partial charge in [0, 0.05) is 0 Å². The molecule has 0 amide bonds. The molecule has 0 saturated heterocycles. The third-order valence-corrected chi connectivity index (χ3v) is 3.45. The van der Waals surface area contributed by atoms with E-state index in [-0.39, 0.29) is 11.6 Å². The van der Waals surface area contributed by atoms with Crippen molar-refractivity contribution in [3.8, 4) is 5.75 Å². The smallest absolute Gasteiger partial charge is 0.209 e. The molecule has 0 aliphatic rings. The van der Waals surface area contributed by atoms with Crippen LogP contribution in [0.3, 0.4) is 0 Å². The lowest BCUT2D eigenvalue weighted by Crippen LogP contribution is -2.16. The molecule has 0 radical (unpaired) electrons. The number of halogens is 2. The van der Waals surface area contributed by atoms with Crippen LogP contribution in [0.25, 0.3) is 0 Å². The average molecular weight is 326 g/mol. The molecule has 1 aromatic rings. The topological polar surface area (TPSA) is 69.4 Å². The summed E-state index contributed by atoms with van der Waals surface area (Å²) in [4.78, 5) is 0. The molecule has 0 unspecified atom stereocenters. The standard InChI is InChI=1S/C10H13BrFNO3S/c11-9-7-8(12)3-4-10(9)16-5-1-2-6-17(13,14)15/h3-4,7H,1-2,5-6H2,(H2,13,14,15). The highest BCUT2D eigenvalue weighted by Crippen LogP contribution is 2.25. The molecule has 0 spiro atoms. The first-order valence-corrected chi connectivity index (χ1v) is 7.47. The van der Waals surface area contributed by atoms with Crippen molar-refractivity contribution in [3.63, 3.8) is 0 Å². The van der Waals surface area contributed by atoms with Gasteiger partial charge < -0.3 is 4.74 Å². The molecule has 0 aromatic heterocycles. The molecule has 17 heavy (non-hydrogen) atoms. The van der Waals surface area contributed by atoms with E-state index in [4.69, 9.17) is 9.88 Å². The fraction of sp³-hybridized carbons (Fsp3) is 0.400. The highest BCUT2D eigenvalue weighted by Gasteiger charge is 2.04. The normalized spacial score (nSPS) is 11.5. The number of unbranched alkanes of at least 4 members (excludes halogenated alkanes) is 1. The zero-order chi connectivity index (χ0) is 12.9. The third-order valence-electron chi connectivity index (χ3n) is 1.97. The minimum atomic E-state index is -3.40. The van der Waals surface area contributed by atoms with E-state index in [1.807, 2.05) is 0 Å². The van der Waals surface area contributed by atoms with Crippen LogP contribution in [-0.4, -0.2) is 20.8 Å². The quantitative estimate of drug-likeness (QED) is 0.813. The summed E-state index contributed by atoms with van der Waals surface area (Å²) in [5, 5.41) is 4.85. The number of hydrogen-bond acceptors (Lipinski definition) is 3. The van der Waals surface area contributed by atoms with E-state index in [1.54, 1.807) is 0 Å². The lowest BCUT2D eigenvalue weighted by molar-refractivity contribution is 0.307. The molecule has 2 N–H and O–H groups in total. The van der Waals surface area contributed by atoms with E-state index in [9.17, 15) is 12.8 Å². The second-order valence-electron chi connectivity index (χ2n) is 3.50. The van der Waals surface area contributed by atoms with Crippen molar-refractivity contribution in [2.45, 2.75) is 12.8 Å². The minimum absolute atomic E-state index is 0.0546. The molecule has 7 heteroatoms. The van der Waals surface area contributed by atoms with Crippen LogP contribution in [0.5, 0.6) is 5.75 Å². The largest absolute Gasteiger partial charge is 0.492 e. The van der Waals surface area contributed by atoms with Crippen molar-refractivity contribution in [2.24, 2.45) is 5.14 Å². The summed E-state index contributed by atoms with van der Waals surface area (Å²) in [7, 11) is -3.40. The Kier molecular flexibility index (Phi) is 5.35. The fourth-order valence-corrected chi connectivity index (χ4v) is 2.25. The number of benzene rings is 1. The van der Waals surface area contributed by atoms with Gasteiger partial charge in [-0.15, -0.1) is 0 Å². The maximum atomic E-state index is 12.8. The van der Waals surface area contributed by atoms with Crippen molar-refractivity contribution in [1.82, 2.24) is 0 Å². The monoisotopic (exact) mass is 325 g/mol. The lowest BCUT2D eigenvalue weighted by atomic mass is 10.3. The Morgan fingerprint density at radius 2 is 2.06 bits per heavy atom. The second kappa shape index (κ2) is 6.32. The molecule has 1 aromatic carbocycles. The van der Waals surface area contributed by atoms with E-state index in [0.29, 0.717) is 29.7 Å². The van der Waals surface area contributed by atoms with E-state index >= 15 is 0 Å². The van der Waals surface area contributed by atoms with Gasteiger partial charge in [-0.05, 0) is 47.0 Å². The van der Waals surface area contributed by atoms with E-state index in [2.05, 4.69) is 15.9 Å². The van der Waals surface area contributed by atoms with E-state index in [0.717, 1.165) is 0 Å². The average Bonchev–Trinajstić information content (AvgIpc) is 2.18. The highest BCUT2D eigenvalue weighted by atomic mass is 79.9. The highest BCUT2D eigenvalue weighted by molar-refractivity contribution is 9.10. The second-order valence-corrected chi connectivity index (χ2v) is 6.09. The molecule has 0 aliphatic heterocycles. The van der Waals surface area contributed by atoms with Gasteiger partial charge in [0.25, 0.3) is 0 Å². The lowest BCUT2D eigenvalue weighted by Gasteiger charge is -2.07. The SMILES string of the molecule is NS(=O)(=O)CCCCOc1ccc(F)cc1Br. The van der Waals surface area contributed by atoms with Gasteiger partial charge in [-0.2, -0.15) is 0 Å². The molecule has 0 fully saturated rings. The first kappa shape index (κ1) is 14.4. The summed E-state index contributed by atoms with van der Waals surface area (Å²) < 4.78 is 39.9. The maximum Gasteiger partial charge on any atom is 0.209 e. The Bertz CT molecular complexity index is 478. The van der Waals surface area contributed by atoms with Gasteiger partial charge in [0.1, 0.15) is 11.6 Å². The third kappa shape index (κ3) is 5.99. The molecule has 0 aliphatic carbocycles. The van der Waals surface area contributed by atoms with Crippen molar-refractivity contribution < 1.29 is 17.5 Å². The Morgan fingerprint density at radius 1 is 1.35 bits per heavy atom. The van der Waals surface area contributed by atoms with Crippen LogP contribution < -0.4 is 9.88 Å². The number of rotatable bonds is 6. The summed E-state index contributed by atoms with van der Waals surface area (Å²) in [5.41, 5.74) is 0. The number of primary sulfonamides is 1. The summed E-state index contributed by atoms with van der Waals surface area (Å²) in [6, 6.07) is 4.11. The van der Waals surface area contributed by atoms with Crippen molar-refractivity contribution in [1.29, 1.82) is 0 Å². The first-order valence-electron chi connectivity index (χ1n) is 4.97. The van der Waals surface area contributed by atoms with Crippen molar-refractivity contribution in [3.05, 3.63) is 28.5 Å². The molecular weight excluding hydrogens is 313 g/mol. The molecule has 0 bridgehead atoms. The van der Waals surface area contributed by atoms with Gasteiger partial charge >= 0.3 is 0 Å². The van der Waals surface area contributed by atoms with Gasteiger partial charge in [0.05, 0.1) is 16.8 Å². The Balaban J connectivity index is 2.32. The van der Waals surface area contributed by atoms with Crippen LogP contribution >= 0.6 is 15.9 Å². The molecule has 0 heterocycles. The molecule has 1 rings (SSSR count). The van der Waals surface area contributed by atoms with Crippen molar-refractivity contribution in [2.75, 3.05) is 12.4 Å². The van der Waals surface area contributed by atoms with Crippen LogP contribution in [0.15, 0.2) is 22.7 Å². The number of nitrogens with two attached hydrogens (primary N) is 1. The van der Waals surface area contributed by atoms with Crippen LogP contribution in [0.4, 0.5) is 4.39 Å². The minimum Gasteiger partial charge on any atom is -0.492 e. The maximum absolute atomic E-state index is 12.8. The van der Waals surface area contributed by atoms with Gasteiger partial charge in [0.2, 0.25) is 10.0 Å². The summed E-state index contributed by atoms with van der Waals surface area (Å²) >= 11 is 3.17. The molecule has 96 valence electrons. The zero-order valence-corrected chi connectivity index (χ0v) is 11.4. The summed E-state index contributed by atoms with van der Waals surface area (Å²) in [5.74, 6) is 0.126. The van der Waals surface area contributed by atoms with E-state index in [1.165, 1.54) is 18.2 Å². The van der Waals surface area contributed by atoms with Gasteiger partial charge in [-0.1, -0.05) is 0 Å². The molecule has 4 nitrogen and oxygen atoms in total. The van der Waals surface area contributed by atoms with Crippen LogP contribution in [0, 0.1) is 5.82 Å². The fourth-order valence-electron chi connectivity index (χ4n) is 1.18. The summed E-state index contributed by atoms with van der Waals surface area (Å²) in [6.45, 7) is 0.361. The Hall–Kier alpha value is -0.660. The van der Waals surface area contributed by atoms with Crippen molar-refractivity contribution >= 4 is 26.0 Å². The van der Waals surface area contributed by atoms with Crippen LogP contribution in [-0.2, 0) is 10.0 Å². The van der Waals surface area contributed by atoms with Gasteiger partial charge in [-0.25, -0.2) is 17.9 Å². The predicted octanol–water partition coefficient (Wildman–Crippen LogP) is 2.04. The Labute approximate surface area is 108 Å². The molecular formula is C10H13BrFNO3S. The summed E-state index contributed by atoms with van der Waals surface area (Å²) in [6.07, 6.45) is 1.01. The number of sulfonamides is 1. The van der Waals surface area contributed by atoms with Gasteiger partial charge in [0.15, 0.2) is 0 Å². The van der Waals surface area contributed by atoms with Crippen LogP contribution in [0.2, 0.25) is 0 Å². The first-order chi connectivity index (χ1) is 7.88. The van der Waals surface area contributed by atoms with E-state index < -0.39 is 10.0 Å². The number of hydrogen-bond donors (Lipinski definition) is 1. The molecule has 0 atom stereocenters. The Morgan fingerprint density at radius 3 is 2.65 bits per heavy atom. The van der Waals surface area contributed by atoms with Gasteiger partial charge in [-0.3, -0.25) is 0 Å². The number of ether oxygens (including phenoxy) is 1. The molecule has 0 saturated carbocycles.